The maximum Gasteiger partial charge on any atom is 0.353 e. The van der Waals surface area contributed by atoms with Crippen LogP contribution in [0.4, 0.5) is 23.0 Å². The summed E-state index contributed by atoms with van der Waals surface area (Å²) in [4.78, 5) is 22.5. The molecule has 0 aliphatic carbocycles. The lowest BCUT2D eigenvalue weighted by molar-refractivity contribution is -0.383. The van der Waals surface area contributed by atoms with Crippen molar-refractivity contribution in [3.8, 4) is 0 Å². The Balaban J connectivity index is 2.39. The van der Waals surface area contributed by atoms with Gasteiger partial charge in [-0.1, -0.05) is 0 Å². The first-order valence-corrected chi connectivity index (χ1v) is 6.01. The fraction of sp³-hybridized carbons (Fsp3) is 0.250. The Hall–Kier alpha value is -2.77. The number of nitro groups is 1. The van der Waals surface area contributed by atoms with E-state index in [0.29, 0.717) is 5.69 Å². The summed E-state index contributed by atoms with van der Waals surface area (Å²) in [6.07, 6.45) is 4.45. The van der Waals surface area contributed by atoms with Crippen molar-refractivity contribution in [2.75, 3.05) is 10.6 Å². The lowest BCUT2D eigenvalue weighted by Crippen LogP contribution is -2.14. The van der Waals surface area contributed by atoms with Gasteiger partial charge in [0, 0.05) is 24.1 Å². The van der Waals surface area contributed by atoms with Crippen LogP contribution >= 0.6 is 0 Å². The molecule has 0 aliphatic heterocycles. The largest absolute Gasteiger partial charge is 0.362 e. The lowest BCUT2D eigenvalue weighted by atomic mass is 10.3. The first-order valence-electron chi connectivity index (χ1n) is 6.01. The van der Waals surface area contributed by atoms with E-state index in [1.165, 1.54) is 6.33 Å². The van der Waals surface area contributed by atoms with E-state index in [1.807, 2.05) is 13.8 Å². The molecule has 8 heteroatoms. The predicted octanol–water partition coefficient (Wildman–Crippen LogP) is 2.34. The molecule has 0 radical (unpaired) electrons. The molecule has 0 atom stereocenters. The summed E-state index contributed by atoms with van der Waals surface area (Å²) in [5.74, 6) is 0.330. The highest BCUT2D eigenvalue weighted by Crippen LogP contribution is 2.31. The van der Waals surface area contributed by atoms with E-state index in [4.69, 9.17) is 0 Å². The molecule has 2 aromatic heterocycles. The minimum Gasteiger partial charge on any atom is -0.362 e. The summed E-state index contributed by atoms with van der Waals surface area (Å²) in [6, 6.07) is 3.42. The van der Waals surface area contributed by atoms with Crippen LogP contribution in [0.1, 0.15) is 13.8 Å². The number of anilines is 3. The van der Waals surface area contributed by atoms with Gasteiger partial charge >= 0.3 is 5.69 Å². The van der Waals surface area contributed by atoms with Crippen LogP contribution in [0.5, 0.6) is 0 Å². The van der Waals surface area contributed by atoms with Crippen molar-refractivity contribution in [3.05, 3.63) is 41.0 Å². The molecule has 20 heavy (non-hydrogen) atoms. The third-order valence-corrected chi connectivity index (χ3v) is 2.37. The van der Waals surface area contributed by atoms with Crippen molar-refractivity contribution in [2.45, 2.75) is 19.9 Å². The normalized spacial score (nSPS) is 10.3. The van der Waals surface area contributed by atoms with Crippen molar-refractivity contribution < 1.29 is 4.92 Å². The standard InChI is InChI=1S/C12H14N6O2/c1-8(2)16-11-10(18(19)20)12(15-7-14-11)17-9-3-5-13-6-4-9/h3-8H,1-2H3,(H2,13,14,15,16,17). The fourth-order valence-corrected chi connectivity index (χ4v) is 1.59. The number of rotatable bonds is 5. The SMILES string of the molecule is CC(C)Nc1ncnc(Nc2ccncc2)c1[N+](=O)[O-]. The summed E-state index contributed by atoms with van der Waals surface area (Å²) in [5, 5.41) is 17.1. The van der Waals surface area contributed by atoms with E-state index in [2.05, 4.69) is 25.6 Å². The summed E-state index contributed by atoms with van der Waals surface area (Å²) < 4.78 is 0. The molecule has 0 saturated heterocycles. The third-order valence-electron chi connectivity index (χ3n) is 2.37. The van der Waals surface area contributed by atoms with E-state index in [1.54, 1.807) is 24.5 Å². The van der Waals surface area contributed by atoms with Gasteiger partial charge in [0.2, 0.25) is 11.6 Å². The van der Waals surface area contributed by atoms with E-state index in [-0.39, 0.29) is 23.4 Å². The number of nitrogens with zero attached hydrogens (tertiary/aromatic N) is 4. The van der Waals surface area contributed by atoms with Gasteiger partial charge in [-0.3, -0.25) is 15.1 Å². The predicted molar refractivity (Wildman–Crippen MR) is 75.0 cm³/mol. The first kappa shape index (κ1) is 13.7. The average Bonchev–Trinajstić information content (AvgIpc) is 2.39. The van der Waals surface area contributed by atoms with Gasteiger partial charge in [0.1, 0.15) is 6.33 Å². The van der Waals surface area contributed by atoms with Gasteiger partial charge < -0.3 is 10.6 Å². The van der Waals surface area contributed by atoms with Crippen molar-refractivity contribution in [2.24, 2.45) is 0 Å². The fourth-order valence-electron chi connectivity index (χ4n) is 1.59. The molecule has 2 N–H and O–H groups in total. The number of hydrogen-bond acceptors (Lipinski definition) is 7. The molecule has 0 spiro atoms. The Morgan fingerprint density at radius 1 is 1.20 bits per heavy atom. The minimum atomic E-state index is -0.506. The molecular formula is C12H14N6O2. The van der Waals surface area contributed by atoms with Crippen LogP contribution in [0.2, 0.25) is 0 Å². The molecule has 0 aliphatic rings. The molecule has 2 heterocycles. The van der Waals surface area contributed by atoms with Gasteiger partial charge in [-0.05, 0) is 26.0 Å². The first-order chi connectivity index (χ1) is 9.58. The number of hydrogen-bond donors (Lipinski definition) is 2. The molecular weight excluding hydrogens is 260 g/mol. The van der Waals surface area contributed by atoms with E-state index >= 15 is 0 Å². The van der Waals surface area contributed by atoms with Crippen LogP contribution in [0, 0.1) is 10.1 Å². The van der Waals surface area contributed by atoms with Crippen LogP contribution in [-0.4, -0.2) is 25.9 Å². The molecule has 2 rings (SSSR count). The van der Waals surface area contributed by atoms with Gasteiger partial charge in [-0.25, -0.2) is 9.97 Å². The molecule has 0 saturated carbocycles. The molecule has 0 bridgehead atoms. The Morgan fingerprint density at radius 2 is 1.85 bits per heavy atom. The second-order valence-electron chi connectivity index (χ2n) is 4.34. The van der Waals surface area contributed by atoms with Gasteiger partial charge in [0.05, 0.1) is 4.92 Å². The quantitative estimate of drug-likeness (QED) is 0.636. The highest BCUT2D eigenvalue weighted by molar-refractivity contribution is 5.73. The molecule has 0 unspecified atom stereocenters. The van der Waals surface area contributed by atoms with E-state index in [9.17, 15) is 10.1 Å². The van der Waals surface area contributed by atoms with Crippen LogP contribution in [-0.2, 0) is 0 Å². The lowest BCUT2D eigenvalue weighted by Gasteiger charge is -2.11. The van der Waals surface area contributed by atoms with E-state index in [0.717, 1.165) is 0 Å². The Labute approximate surface area is 115 Å². The number of nitrogens with one attached hydrogen (secondary N) is 2. The summed E-state index contributed by atoms with van der Waals surface area (Å²) in [6.45, 7) is 3.75. The van der Waals surface area contributed by atoms with Crippen LogP contribution < -0.4 is 10.6 Å². The van der Waals surface area contributed by atoms with Gasteiger partial charge in [-0.15, -0.1) is 0 Å². The molecule has 104 valence electrons. The maximum atomic E-state index is 11.2. The van der Waals surface area contributed by atoms with Gasteiger partial charge in [0.25, 0.3) is 0 Å². The van der Waals surface area contributed by atoms with Crippen LogP contribution in [0.15, 0.2) is 30.9 Å². The zero-order valence-electron chi connectivity index (χ0n) is 11.1. The zero-order valence-corrected chi connectivity index (χ0v) is 11.1. The topological polar surface area (TPSA) is 106 Å². The van der Waals surface area contributed by atoms with Crippen LogP contribution in [0.25, 0.3) is 0 Å². The molecule has 0 fully saturated rings. The molecule has 0 amide bonds. The van der Waals surface area contributed by atoms with Gasteiger partial charge in [-0.2, -0.15) is 0 Å². The van der Waals surface area contributed by atoms with E-state index < -0.39 is 4.92 Å². The summed E-state index contributed by atoms with van der Waals surface area (Å²) in [7, 11) is 0. The highest BCUT2D eigenvalue weighted by Gasteiger charge is 2.23. The monoisotopic (exact) mass is 274 g/mol. The average molecular weight is 274 g/mol. The molecule has 8 nitrogen and oxygen atoms in total. The van der Waals surface area contributed by atoms with Crippen molar-refractivity contribution in [3.63, 3.8) is 0 Å². The number of pyridine rings is 1. The second kappa shape index (κ2) is 5.91. The maximum absolute atomic E-state index is 11.2. The van der Waals surface area contributed by atoms with Crippen molar-refractivity contribution in [1.82, 2.24) is 15.0 Å². The Kier molecular flexibility index (Phi) is 4.04. The molecule has 2 aromatic rings. The second-order valence-corrected chi connectivity index (χ2v) is 4.34. The Morgan fingerprint density at radius 3 is 2.45 bits per heavy atom. The Bertz CT molecular complexity index is 602. The minimum absolute atomic E-state index is 0.0253. The summed E-state index contributed by atoms with van der Waals surface area (Å²) >= 11 is 0. The molecule has 0 aromatic carbocycles. The summed E-state index contributed by atoms with van der Waals surface area (Å²) in [5.41, 5.74) is 0.482. The third kappa shape index (κ3) is 3.16. The van der Waals surface area contributed by atoms with Crippen molar-refractivity contribution >= 4 is 23.0 Å². The smallest absolute Gasteiger partial charge is 0.353 e. The highest BCUT2D eigenvalue weighted by atomic mass is 16.6. The van der Waals surface area contributed by atoms with Gasteiger partial charge in [0.15, 0.2) is 0 Å². The zero-order chi connectivity index (χ0) is 14.5. The van der Waals surface area contributed by atoms with Crippen LogP contribution in [0.3, 0.4) is 0 Å². The number of aromatic nitrogens is 3. The van der Waals surface area contributed by atoms with Crippen molar-refractivity contribution in [1.29, 1.82) is 0 Å².